The number of thioether (sulfide) groups is 1. The molecule has 7 rings (SSSR count). The molecular formula is C39H36F3N3O5S2. The van der Waals surface area contributed by atoms with E-state index in [0.29, 0.717) is 23.5 Å². The van der Waals surface area contributed by atoms with Gasteiger partial charge in [-0.2, -0.15) is 13.2 Å². The van der Waals surface area contributed by atoms with Crippen LogP contribution in [0.15, 0.2) is 101 Å². The Morgan fingerprint density at radius 3 is 2.46 bits per heavy atom. The van der Waals surface area contributed by atoms with Crippen molar-refractivity contribution in [3.63, 3.8) is 0 Å². The van der Waals surface area contributed by atoms with Gasteiger partial charge in [0, 0.05) is 30.8 Å². The Balaban J connectivity index is 1.06. The number of halogens is 3. The summed E-state index contributed by atoms with van der Waals surface area (Å²) in [4.78, 5) is 30.1. The van der Waals surface area contributed by atoms with Crippen LogP contribution in [0.5, 0.6) is 0 Å². The van der Waals surface area contributed by atoms with E-state index in [0.717, 1.165) is 47.9 Å². The van der Waals surface area contributed by atoms with Gasteiger partial charge in [-0.25, -0.2) is 4.98 Å². The van der Waals surface area contributed by atoms with Crippen LogP contribution >= 0.6 is 23.1 Å². The third-order valence-corrected chi connectivity index (χ3v) is 11.5. The van der Waals surface area contributed by atoms with Crippen molar-refractivity contribution in [2.75, 3.05) is 12.3 Å². The van der Waals surface area contributed by atoms with E-state index >= 15 is 0 Å². The van der Waals surface area contributed by atoms with Crippen molar-refractivity contribution >= 4 is 45.1 Å². The van der Waals surface area contributed by atoms with Gasteiger partial charge >= 0.3 is 12.1 Å². The number of ether oxygens (including phenoxy) is 2. The number of rotatable bonds is 10. The van der Waals surface area contributed by atoms with Crippen LogP contribution in [-0.2, 0) is 32.2 Å². The monoisotopic (exact) mass is 747 g/mol. The molecule has 2 amide bonds. The number of aromatic nitrogens is 1. The highest BCUT2D eigenvalue weighted by molar-refractivity contribution is 8.01. The average molecular weight is 748 g/mol. The highest BCUT2D eigenvalue weighted by atomic mass is 32.2. The predicted molar refractivity (Wildman–Crippen MR) is 193 cm³/mol. The molecule has 0 radical (unpaired) electrons. The molecule has 2 aliphatic rings. The largest absolute Gasteiger partial charge is 0.471 e. The quantitative estimate of drug-likeness (QED) is 0.140. The molecule has 270 valence electrons. The molecule has 4 atom stereocenters. The molecular weight excluding hydrogens is 712 g/mol. The first-order valence-electron chi connectivity index (χ1n) is 17.0. The lowest BCUT2D eigenvalue weighted by atomic mass is 9.99. The summed E-state index contributed by atoms with van der Waals surface area (Å²) < 4.78 is 54.5. The van der Waals surface area contributed by atoms with Crippen molar-refractivity contribution in [3.8, 4) is 11.1 Å². The van der Waals surface area contributed by atoms with Gasteiger partial charge in [0.05, 0.1) is 29.0 Å². The van der Waals surface area contributed by atoms with E-state index in [1.165, 1.54) is 0 Å². The van der Waals surface area contributed by atoms with Crippen LogP contribution in [0.3, 0.4) is 0 Å². The number of carbonyl (C=O) groups excluding carboxylic acids is 2. The predicted octanol–water partition coefficient (Wildman–Crippen LogP) is 7.96. The van der Waals surface area contributed by atoms with Gasteiger partial charge in [-0.15, -0.1) is 11.3 Å². The second-order valence-corrected chi connectivity index (χ2v) is 15.1. The van der Waals surface area contributed by atoms with E-state index in [-0.39, 0.29) is 38.3 Å². The molecule has 2 aliphatic heterocycles. The molecule has 3 heterocycles. The first kappa shape index (κ1) is 36.1. The van der Waals surface area contributed by atoms with Crippen LogP contribution < -0.4 is 5.32 Å². The number of fused-ring (bicyclic) bond motifs is 1. The summed E-state index contributed by atoms with van der Waals surface area (Å²) in [5.74, 6) is -1.91. The van der Waals surface area contributed by atoms with Crippen LogP contribution in [0, 0.1) is 0 Å². The minimum atomic E-state index is -5.02. The first-order valence-corrected chi connectivity index (χ1v) is 18.8. The molecule has 8 nitrogen and oxygen atoms in total. The molecule has 0 unspecified atom stereocenters. The minimum absolute atomic E-state index is 0.0403. The van der Waals surface area contributed by atoms with E-state index < -0.39 is 30.3 Å². The SMILES string of the molecule is O=C(NCc1cccc(-c2cccc([C@@H]3O[C@H](CSc4nc5ccccc5s4)C[C@H](c4ccc(CO)cc4)O3)c2)c1)[C@@H]1CCCN1C(=O)C(F)(F)F. The molecule has 0 aliphatic carbocycles. The second-order valence-electron chi connectivity index (χ2n) is 12.8. The number of aliphatic hydroxyl groups excluding tert-OH is 1. The van der Waals surface area contributed by atoms with Crippen molar-refractivity contribution in [1.82, 2.24) is 15.2 Å². The zero-order chi connectivity index (χ0) is 36.2. The molecule has 2 N–H and O–H groups in total. The summed E-state index contributed by atoms with van der Waals surface area (Å²) in [5, 5.41) is 12.3. The number of benzene rings is 4. The number of para-hydroxylation sites is 1. The number of likely N-dealkylation sites (tertiary alicyclic amines) is 1. The molecule has 5 aromatic rings. The fourth-order valence-electron chi connectivity index (χ4n) is 6.58. The van der Waals surface area contributed by atoms with Crippen LogP contribution in [0.2, 0.25) is 0 Å². The van der Waals surface area contributed by atoms with Gasteiger partial charge in [0.15, 0.2) is 10.6 Å². The maximum absolute atomic E-state index is 13.1. The number of carbonyl (C=O) groups is 2. The van der Waals surface area contributed by atoms with Gasteiger partial charge in [-0.1, -0.05) is 84.6 Å². The highest BCUT2D eigenvalue weighted by Gasteiger charge is 2.47. The van der Waals surface area contributed by atoms with Crippen LogP contribution in [0.25, 0.3) is 21.3 Å². The number of thiazole rings is 1. The topological polar surface area (TPSA) is 101 Å². The molecule has 0 spiro atoms. The molecule has 52 heavy (non-hydrogen) atoms. The van der Waals surface area contributed by atoms with Crippen LogP contribution in [0.4, 0.5) is 13.2 Å². The van der Waals surface area contributed by atoms with Gasteiger partial charge in [0.1, 0.15) is 6.04 Å². The van der Waals surface area contributed by atoms with E-state index in [1.807, 2.05) is 91.0 Å². The molecule has 2 saturated heterocycles. The normalized spacial score (nSPS) is 20.7. The van der Waals surface area contributed by atoms with E-state index in [1.54, 1.807) is 23.1 Å². The third-order valence-electron chi connectivity index (χ3n) is 9.23. The lowest BCUT2D eigenvalue weighted by molar-refractivity contribution is -0.245. The van der Waals surface area contributed by atoms with Crippen LogP contribution in [0.1, 0.15) is 53.9 Å². The van der Waals surface area contributed by atoms with Crippen molar-refractivity contribution in [3.05, 3.63) is 119 Å². The number of alkyl halides is 3. The maximum Gasteiger partial charge on any atom is 0.471 e. The summed E-state index contributed by atoms with van der Waals surface area (Å²) >= 11 is 3.33. The van der Waals surface area contributed by atoms with E-state index in [2.05, 4.69) is 11.4 Å². The molecule has 1 aromatic heterocycles. The molecule has 4 aromatic carbocycles. The summed E-state index contributed by atoms with van der Waals surface area (Å²) in [6.07, 6.45) is -4.91. The number of nitrogens with one attached hydrogen (secondary N) is 1. The standard InChI is InChI=1S/C39H36F3N3O5S2/c40-39(41,42)37(48)45-17-5-11-32(45)35(47)43-21-25-6-3-7-27(18-25)28-8-4-9-29(19-28)36-49-30(20-33(50-36)26-15-13-24(22-46)14-16-26)23-51-38-44-31-10-1-2-12-34(31)52-38/h1-4,6-10,12-16,18-19,30,32-33,36,46H,5,11,17,20-23H2,(H,43,47)/t30-,32-,33+,36+/m0/s1. The molecule has 13 heteroatoms. The van der Waals surface area contributed by atoms with Gasteiger partial charge in [-0.3, -0.25) is 9.59 Å². The Morgan fingerprint density at radius 1 is 0.923 bits per heavy atom. The van der Waals surface area contributed by atoms with Gasteiger partial charge in [0.25, 0.3) is 0 Å². The first-order chi connectivity index (χ1) is 25.1. The van der Waals surface area contributed by atoms with E-state index in [4.69, 9.17) is 14.5 Å². The lowest BCUT2D eigenvalue weighted by Crippen LogP contribution is -2.50. The second kappa shape index (κ2) is 15.8. The molecule has 0 saturated carbocycles. The zero-order valence-electron chi connectivity index (χ0n) is 27.9. The average Bonchev–Trinajstić information content (AvgIpc) is 3.83. The highest BCUT2D eigenvalue weighted by Crippen LogP contribution is 2.41. The number of amides is 2. The summed E-state index contributed by atoms with van der Waals surface area (Å²) in [6, 6.07) is 30.1. The Kier molecular flexibility index (Phi) is 10.9. The Morgan fingerprint density at radius 2 is 1.69 bits per heavy atom. The third kappa shape index (κ3) is 8.34. The Hall–Kier alpha value is -4.27. The fourth-order valence-corrected chi connectivity index (χ4v) is 8.69. The zero-order valence-corrected chi connectivity index (χ0v) is 29.6. The van der Waals surface area contributed by atoms with Gasteiger partial charge in [0.2, 0.25) is 5.91 Å². The summed E-state index contributed by atoms with van der Waals surface area (Å²) in [6.45, 7) is -0.0475. The molecule has 2 fully saturated rings. The van der Waals surface area contributed by atoms with Crippen molar-refractivity contribution < 1.29 is 37.3 Å². The van der Waals surface area contributed by atoms with E-state index in [9.17, 15) is 27.9 Å². The maximum atomic E-state index is 13.1. The molecule has 0 bridgehead atoms. The summed E-state index contributed by atoms with van der Waals surface area (Å²) in [5.41, 5.74) is 6.15. The van der Waals surface area contributed by atoms with Gasteiger partial charge < -0.3 is 24.8 Å². The smallest absolute Gasteiger partial charge is 0.392 e. The minimum Gasteiger partial charge on any atom is -0.392 e. The lowest BCUT2D eigenvalue weighted by Gasteiger charge is -2.36. The fraction of sp³-hybridized carbons (Fsp3) is 0.308. The number of hydrogen-bond acceptors (Lipinski definition) is 8. The van der Waals surface area contributed by atoms with Crippen molar-refractivity contribution in [2.24, 2.45) is 0 Å². The Labute approximate surface area is 307 Å². The number of aliphatic hydroxyl groups is 1. The number of hydrogen-bond donors (Lipinski definition) is 2. The Bertz CT molecular complexity index is 2010. The van der Waals surface area contributed by atoms with Gasteiger partial charge in [-0.05, 0) is 64.9 Å². The number of nitrogens with zero attached hydrogens (tertiary/aromatic N) is 2. The summed E-state index contributed by atoms with van der Waals surface area (Å²) in [7, 11) is 0. The van der Waals surface area contributed by atoms with Crippen molar-refractivity contribution in [2.45, 2.75) is 67.5 Å². The van der Waals surface area contributed by atoms with Crippen molar-refractivity contribution in [1.29, 1.82) is 0 Å². The van der Waals surface area contributed by atoms with Crippen LogP contribution in [-0.4, -0.2) is 57.4 Å².